The highest BCUT2D eigenvalue weighted by molar-refractivity contribution is 7.92. The molecular formula is C34H39F6N7O2SSi. The largest absolute Gasteiger partial charge is 0.428 e. The number of benzene rings is 2. The number of aromatic nitrogens is 4. The van der Waals surface area contributed by atoms with Gasteiger partial charge in [-0.2, -0.15) is 31.4 Å². The summed E-state index contributed by atoms with van der Waals surface area (Å²) in [6, 6.07) is 13.5. The fourth-order valence-corrected chi connectivity index (χ4v) is 10.7. The molecule has 1 atom stereocenters. The van der Waals surface area contributed by atoms with Crippen LogP contribution in [0.5, 0.6) is 0 Å². The molecule has 274 valence electrons. The molecule has 0 bridgehead atoms. The summed E-state index contributed by atoms with van der Waals surface area (Å²) in [6.45, 7) is 12.7. The van der Waals surface area contributed by atoms with Gasteiger partial charge in [0.1, 0.15) is 15.7 Å². The first kappa shape index (κ1) is 38.2. The summed E-state index contributed by atoms with van der Waals surface area (Å²) in [6.07, 6.45) is -7.59. The van der Waals surface area contributed by atoms with E-state index in [1.54, 1.807) is 61.8 Å². The molecular weight excluding hydrogens is 713 g/mol. The van der Waals surface area contributed by atoms with Gasteiger partial charge >= 0.3 is 12.4 Å². The van der Waals surface area contributed by atoms with E-state index in [4.69, 9.17) is 4.03 Å². The Hall–Kier alpha value is -4.06. The van der Waals surface area contributed by atoms with Crippen molar-refractivity contribution in [2.45, 2.75) is 82.1 Å². The van der Waals surface area contributed by atoms with Gasteiger partial charge in [0.05, 0.1) is 28.8 Å². The maximum atomic E-state index is 14.1. The van der Waals surface area contributed by atoms with E-state index in [9.17, 15) is 35.7 Å². The van der Waals surface area contributed by atoms with Crippen molar-refractivity contribution >= 4 is 51.3 Å². The van der Waals surface area contributed by atoms with Gasteiger partial charge in [-0.15, -0.1) is 0 Å². The monoisotopic (exact) mass is 751 g/mol. The SMILES string of the molecule is CCNS(=O)(=N[Si](C)(C)C(C)(C)C)c1ccc(Nc2cc3c(-c4ccc5c(cnn5CC(O)(C(F)(F)F)C(F)(F)F)c4C)nccc3cn2)cc1. The first-order valence-corrected chi connectivity index (χ1v) is 20.4. The van der Waals surface area contributed by atoms with Crippen molar-refractivity contribution in [1.82, 2.24) is 24.5 Å². The molecule has 0 aliphatic rings. The normalized spacial score (nSPS) is 14.5. The summed E-state index contributed by atoms with van der Waals surface area (Å²) in [4.78, 5) is 9.64. The second-order valence-electron chi connectivity index (χ2n) is 13.9. The van der Waals surface area contributed by atoms with Crippen LogP contribution in [-0.4, -0.2) is 61.8 Å². The minimum absolute atomic E-state index is 0.0222. The van der Waals surface area contributed by atoms with E-state index in [-0.39, 0.29) is 10.6 Å². The van der Waals surface area contributed by atoms with Crippen molar-refractivity contribution in [2.75, 3.05) is 11.9 Å². The van der Waals surface area contributed by atoms with Crippen molar-refractivity contribution in [3.05, 3.63) is 72.7 Å². The Morgan fingerprint density at radius 2 is 1.57 bits per heavy atom. The first-order valence-electron chi connectivity index (χ1n) is 16.0. The van der Waals surface area contributed by atoms with Crippen LogP contribution in [0.15, 0.2) is 76.0 Å². The summed E-state index contributed by atoms with van der Waals surface area (Å²) in [5.74, 6) is 0.466. The van der Waals surface area contributed by atoms with Gasteiger partial charge in [0.2, 0.25) is 0 Å². The van der Waals surface area contributed by atoms with E-state index in [1.165, 1.54) is 12.3 Å². The average molecular weight is 752 g/mol. The zero-order valence-electron chi connectivity index (χ0n) is 29.0. The van der Waals surface area contributed by atoms with Crippen LogP contribution < -0.4 is 10.0 Å². The van der Waals surface area contributed by atoms with Gasteiger partial charge < -0.3 is 10.4 Å². The lowest BCUT2D eigenvalue weighted by atomic mass is 9.98. The second kappa shape index (κ2) is 13.2. The van der Waals surface area contributed by atoms with Crippen LogP contribution in [0.3, 0.4) is 0 Å². The maximum absolute atomic E-state index is 14.1. The number of alkyl halides is 6. The topological polar surface area (TPSA) is 117 Å². The third-order valence-electron chi connectivity index (χ3n) is 9.29. The number of aliphatic hydroxyl groups is 1. The highest BCUT2D eigenvalue weighted by Gasteiger charge is 2.70. The van der Waals surface area contributed by atoms with Crippen molar-refractivity contribution in [1.29, 1.82) is 0 Å². The van der Waals surface area contributed by atoms with Gasteiger partial charge in [-0.05, 0) is 73.1 Å². The molecule has 0 saturated carbocycles. The second-order valence-corrected chi connectivity index (χ2v) is 21.0. The third-order valence-corrected chi connectivity index (χ3v) is 17.4. The molecule has 9 nitrogen and oxygen atoms in total. The average Bonchev–Trinajstić information content (AvgIpc) is 3.43. The third kappa shape index (κ3) is 7.21. The number of nitrogens with one attached hydrogen (secondary N) is 2. The van der Waals surface area contributed by atoms with Crippen LogP contribution in [0.25, 0.3) is 32.9 Å². The van der Waals surface area contributed by atoms with Crippen molar-refractivity contribution < 1.29 is 35.7 Å². The maximum Gasteiger partial charge on any atom is 0.428 e. The molecule has 3 aromatic heterocycles. The highest BCUT2D eigenvalue weighted by atomic mass is 32.2. The van der Waals surface area contributed by atoms with Crippen LogP contribution >= 0.6 is 0 Å². The van der Waals surface area contributed by atoms with E-state index >= 15 is 0 Å². The summed E-state index contributed by atoms with van der Waals surface area (Å²) >= 11 is 0. The van der Waals surface area contributed by atoms with E-state index in [1.807, 2.05) is 6.92 Å². The minimum Gasteiger partial charge on any atom is -0.372 e. The Labute approximate surface area is 292 Å². The fraction of sp³-hybridized carbons (Fsp3) is 0.382. The Morgan fingerprint density at radius 1 is 0.922 bits per heavy atom. The first-order chi connectivity index (χ1) is 23.5. The number of aryl methyl sites for hydroxylation is 1. The molecule has 3 heterocycles. The summed E-state index contributed by atoms with van der Waals surface area (Å²) in [5.41, 5.74) is -2.77. The van der Waals surface area contributed by atoms with Crippen molar-refractivity contribution in [2.24, 2.45) is 4.03 Å². The van der Waals surface area contributed by atoms with Crippen molar-refractivity contribution in [3.8, 4) is 11.3 Å². The number of fused-ring (bicyclic) bond motifs is 2. The molecule has 0 aliphatic carbocycles. The molecule has 3 N–H and O–H groups in total. The molecule has 0 radical (unpaired) electrons. The molecule has 0 spiro atoms. The van der Waals surface area contributed by atoms with Gasteiger partial charge in [0.15, 0.2) is 8.24 Å². The van der Waals surface area contributed by atoms with Gasteiger partial charge in [-0.3, -0.25) is 13.7 Å². The molecule has 5 aromatic rings. The molecule has 0 amide bonds. The summed E-state index contributed by atoms with van der Waals surface area (Å²) in [5, 5.41) is 18.4. The van der Waals surface area contributed by atoms with Crippen LogP contribution in [0.4, 0.5) is 37.8 Å². The smallest absolute Gasteiger partial charge is 0.372 e. The fourth-order valence-electron chi connectivity index (χ4n) is 5.27. The molecule has 0 saturated heterocycles. The number of hydrogen-bond donors (Lipinski definition) is 3. The summed E-state index contributed by atoms with van der Waals surface area (Å²) < 4.78 is 103. The number of rotatable bonds is 9. The Kier molecular flexibility index (Phi) is 9.86. The van der Waals surface area contributed by atoms with E-state index in [0.29, 0.717) is 55.2 Å². The van der Waals surface area contributed by atoms with E-state index in [2.05, 4.69) is 59.0 Å². The number of anilines is 2. The lowest BCUT2D eigenvalue weighted by Gasteiger charge is -2.33. The molecule has 17 heteroatoms. The highest BCUT2D eigenvalue weighted by Crippen LogP contribution is 2.45. The number of pyridine rings is 2. The van der Waals surface area contributed by atoms with Crippen LogP contribution in [0.1, 0.15) is 33.3 Å². The predicted octanol–water partition coefficient (Wildman–Crippen LogP) is 8.91. The molecule has 5 rings (SSSR count). The van der Waals surface area contributed by atoms with Crippen molar-refractivity contribution in [3.63, 3.8) is 0 Å². The zero-order chi connectivity index (χ0) is 37.8. The van der Waals surface area contributed by atoms with Gasteiger partial charge in [-0.25, -0.2) is 13.9 Å². The van der Waals surface area contributed by atoms with E-state index in [0.717, 1.165) is 5.39 Å². The van der Waals surface area contributed by atoms with Crippen LogP contribution in [0, 0.1) is 6.92 Å². The van der Waals surface area contributed by atoms with Crippen LogP contribution in [-0.2, 0) is 16.5 Å². The van der Waals surface area contributed by atoms with Gasteiger partial charge in [-0.1, -0.05) is 33.8 Å². The molecule has 2 aromatic carbocycles. The Morgan fingerprint density at radius 3 is 2.16 bits per heavy atom. The van der Waals surface area contributed by atoms with Gasteiger partial charge in [0, 0.05) is 46.3 Å². The summed E-state index contributed by atoms with van der Waals surface area (Å²) in [7, 11) is -5.16. The number of hydrogen-bond acceptors (Lipinski definition) is 7. The molecule has 0 fully saturated rings. The standard InChI is InChI=1S/C34H39F6N7O2SSi/c1-8-44-50(49,46-51(6,7)31(3,4)5)24-11-9-23(10-12-24)45-29-17-26-22(18-42-29)15-16-41-30(26)25-13-14-28-27(21(25)2)19-43-47(28)20-32(48,33(35,36)37)34(38,39)40/h9-19,48H,8,20H2,1-7H3,(H,42,45)(H,44,46,49). The Balaban J connectivity index is 1.49. The predicted molar refractivity (Wildman–Crippen MR) is 189 cm³/mol. The lowest BCUT2D eigenvalue weighted by molar-refractivity contribution is -0.372. The molecule has 51 heavy (non-hydrogen) atoms. The number of nitrogens with zero attached hydrogens (tertiary/aromatic N) is 5. The van der Waals surface area contributed by atoms with Crippen LogP contribution in [0.2, 0.25) is 18.1 Å². The van der Waals surface area contributed by atoms with E-state index < -0.39 is 42.6 Å². The molecule has 1 unspecified atom stereocenters. The Bertz CT molecular complexity index is 2190. The quantitative estimate of drug-likeness (QED) is 0.102. The zero-order valence-corrected chi connectivity index (χ0v) is 30.8. The lowest BCUT2D eigenvalue weighted by Crippen LogP contribution is -2.59. The number of halogens is 6. The molecule has 0 aliphatic heterocycles. The van der Waals surface area contributed by atoms with Gasteiger partial charge in [0.25, 0.3) is 5.60 Å². The minimum atomic E-state index is -5.98.